The van der Waals surface area contributed by atoms with Gasteiger partial charge in [-0.05, 0) is 13.8 Å². The van der Waals surface area contributed by atoms with Crippen LogP contribution in [0, 0.1) is 0 Å². The molecule has 2 heterocycles. The second-order valence-corrected chi connectivity index (χ2v) is 6.67. The lowest BCUT2D eigenvalue weighted by Gasteiger charge is -2.40. The summed E-state index contributed by atoms with van der Waals surface area (Å²) < 4.78 is 5.35. The van der Waals surface area contributed by atoms with E-state index in [1.54, 1.807) is 5.38 Å². The van der Waals surface area contributed by atoms with E-state index in [4.69, 9.17) is 4.74 Å². The third kappa shape index (κ3) is 4.49. The highest BCUT2D eigenvalue weighted by atomic mass is 32.1. The van der Waals surface area contributed by atoms with Gasteiger partial charge in [-0.1, -0.05) is 0 Å². The smallest absolute Gasteiger partial charge is 0.270 e. The minimum atomic E-state index is -0.228. The van der Waals surface area contributed by atoms with E-state index in [9.17, 15) is 9.59 Å². The van der Waals surface area contributed by atoms with Gasteiger partial charge in [0.05, 0.1) is 13.2 Å². The summed E-state index contributed by atoms with van der Waals surface area (Å²) in [5.74, 6) is -0.427. The second kappa shape index (κ2) is 7.17. The van der Waals surface area contributed by atoms with Gasteiger partial charge < -0.3 is 15.4 Å². The molecule has 0 aromatic carbocycles. The first kappa shape index (κ1) is 16.9. The van der Waals surface area contributed by atoms with Crippen molar-refractivity contribution in [2.75, 3.05) is 38.2 Å². The average molecular weight is 326 g/mol. The van der Waals surface area contributed by atoms with Crippen LogP contribution in [0.4, 0.5) is 5.13 Å². The van der Waals surface area contributed by atoms with E-state index in [0.29, 0.717) is 17.4 Å². The Labute approximate surface area is 134 Å². The molecule has 1 fully saturated rings. The predicted octanol–water partition coefficient (Wildman–Crippen LogP) is 0.942. The number of morpholine rings is 1. The SMILES string of the molecule is CC(=O)Nc1nc(C(=O)NCC(C)(C)N2CCOCC2)cs1. The first-order chi connectivity index (χ1) is 10.4. The number of nitrogens with one attached hydrogen (secondary N) is 2. The number of hydrogen-bond donors (Lipinski definition) is 2. The summed E-state index contributed by atoms with van der Waals surface area (Å²) >= 11 is 1.24. The average Bonchev–Trinajstić information content (AvgIpc) is 2.93. The van der Waals surface area contributed by atoms with Crippen LogP contribution in [0.15, 0.2) is 5.38 Å². The van der Waals surface area contributed by atoms with Gasteiger partial charge in [0, 0.05) is 37.5 Å². The minimum Gasteiger partial charge on any atom is -0.379 e. The molecular formula is C14H22N4O3S. The standard InChI is InChI=1S/C14H22N4O3S/c1-10(19)16-13-17-11(8-22-13)12(20)15-9-14(2,3)18-4-6-21-7-5-18/h8H,4-7,9H2,1-3H3,(H,15,20)(H,16,17,19). The summed E-state index contributed by atoms with van der Waals surface area (Å²) in [7, 11) is 0. The molecule has 2 N–H and O–H groups in total. The van der Waals surface area contributed by atoms with Crippen LogP contribution in [0.5, 0.6) is 0 Å². The number of amides is 2. The van der Waals surface area contributed by atoms with Crippen molar-refractivity contribution >= 4 is 28.3 Å². The van der Waals surface area contributed by atoms with Crippen LogP contribution >= 0.6 is 11.3 Å². The highest BCUT2D eigenvalue weighted by Gasteiger charge is 2.28. The van der Waals surface area contributed by atoms with Crippen LogP contribution in [0.1, 0.15) is 31.3 Å². The highest BCUT2D eigenvalue weighted by molar-refractivity contribution is 7.14. The molecule has 7 nitrogen and oxygen atoms in total. The summed E-state index contributed by atoms with van der Waals surface area (Å²) in [4.78, 5) is 29.5. The van der Waals surface area contributed by atoms with Gasteiger partial charge in [-0.25, -0.2) is 4.98 Å². The molecular weight excluding hydrogens is 304 g/mol. The van der Waals surface area contributed by atoms with E-state index in [-0.39, 0.29) is 17.4 Å². The molecule has 0 bridgehead atoms. The van der Waals surface area contributed by atoms with E-state index in [1.165, 1.54) is 18.3 Å². The molecule has 0 radical (unpaired) electrons. The fraction of sp³-hybridized carbons (Fsp3) is 0.643. The molecule has 1 aromatic rings. The van der Waals surface area contributed by atoms with Crippen molar-refractivity contribution in [3.05, 3.63) is 11.1 Å². The van der Waals surface area contributed by atoms with E-state index < -0.39 is 0 Å². The zero-order chi connectivity index (χ0) is 16.2. The number of carbonyl (C=O) groups excluding carboxylic acids is 2. The largest absolute Gasteiger partial charge is 0.379 e. The molecule has 2 rings (SSSR count). The molecule has 0 unspecified atom stereocenters. The third-order valence-electron chi connectivity index (χ3n) is 3.57. The maximum Gasteiger partial charge on any atom is 0.270 e. The van der Waals surface area contributed by atoms with Crippen molar-refractivity contribution in [1.29, 1.82) is 0 Å². The Morgan fingerprint density at radius 3 is 2.73 bits per heavy atom. The third-order valence-corrected chi connectivity index (χ3v) is 4.33. The summed E-state index contributed by atoms with van der Waals surface area (Å²) in [6.07, 6.45) is 0. The van der Waals surface area contributed by atoms with Gasteiger partial charge in [-0.3, -0.25) is 14.5 Å². The fourth-order valence-corrected chi connectivity index (χ4v) is 2.99. The molecule has 0 atom stereocenters. The number of carbonyl (C=O) groups is 2. The monoisotopic (exact) mass is 326 g/mol. The molecule has 0 aliphatic carbocycles. The van der Waals surface area contributed by atoms with Gasteiger partial charge in [0.2, 0.25) is 5.91 Å². The van der Waals surface area contributed by atoms with Gasteiger partial charge in [0.25, 0.3) is 5.91 Å². The van der Waals surface area contributed by atoms with Crippen LogP contribution in [0.3, 0.4) is 0 Å². The Kier molecular flexibility index (Phi) is 5.49. The molecule has 1 saturated heterocycles. The summed E-state index contributed by atoms with van der Waals surface area (Å²) in [5.41, 5.74) is 0.183. The summed E-state index contributed by atoms with van der Waals surface area (Å²) in [6.45, 7) is 9.32. The normalized spacial score (nSPS) is 16.3. The molecule has 1 aliphatic rings. The zero-order valence-corrected chi connectivity index (χ0v) is 14.0. The van der Waals surface area contributed by atoms with E-state index in [2.05, 4.69) is 34.4 Å². The molecule has 1 aliphatic heterocycles. The quantitative estimate of drug-likeness (QED) is 0.841. The molecule has 0 spiro atoms. The predicted molar refractivity (Wildman–Crippen MR) is 85.2 cm³/mol. The number of rotatable bonds is 5. The van der Waals surface area contributed by atoms with Crippen LogP contribution in [0.2, 0.25) is 0 Å². The Bertz CT molecular complexity index is 538. The summed E-state index contributed by atoms with van der Waals surface area (Å²) in [5, 5.41) is 7.56. The van der Waals surface area contributed by atoms with Gasteiger partial charge in [0.15, 0.2) is 5.13 Å². The molecule has 22 heavy (non-hydrogen) atoms. The molecule has 8 heteroatoms. The highest BCUT2D eigenvalue weighted by Crippen LogP contribution is 2.17. The van der Waals surface area contributed by atoms with Crippen molar-refractivity contribution in [1.82, 2.24) is 15.2 Å². The van der Waals surface area contributed by atoms with E-state index >= 15 is 0 Å². The Balaban J connectivity index is 1.88. The lowest BCUT2D eigenvalue weighted by molar-refractivity contribution is -0.114. The number of ether oxygens (including phenoxy) is 1. The van der Waals surface area contributed by atoms with Gasteiger partial charge in [0.1, 0.15) is 5.69 Å². The molecule has 0 saturated carbocycles. The van der Waals surface area contributed by atoms with Gasteiger partial charge >= 0.3 is 0 Å². The Morgan fingerprint density at radius 2 is 2.09 bits per heavy atom. The zero-order valence-electron chi connectivity index (χ0n) is 13.1. The fourth-order valence-electron chi connectivity index (χ4n) is 2.25. The topological polar surface area (TPSA) is 83.6 Å². The Hall–Kier alpha value is -1.51. The number of anilines is 1. The lowest BCUT2D eigenvalue weighted by atomic mass is 10.0. The van der Waals surface area contributed by atoms with Crippen molar-refractivity contribution < 1.29 is 14.3 Å². The number of nitrogens with zero attached hydrogens (tertiary/aromatic N) is 2. The number of aromatic nitrogens is 1. The molecule has 2 amide bonds. The number of thiazole rings is 1. The van der Waals surface area contributed by atoms with Crippen molar-refractivity contribution in [2.45, 2.75) is 26.3 Å². The lowest BCUT2D eigenvalue weighted by Crippen LogP contribution is -2.55. The van der Waals surface area contributed by atoms with Crippen LogP contribution in [-0.4, -0.2) is 60.1 Å². The van der Waals surface area contributed by atoms with Gasteiger partial charge in [-0.15, -0.1) is 11.3 Å². The van der Waals surface area contributed by atoms with Gasteiger partial charge in [-0.2, -0.15) is 0 Å². The second-order valence-electron chi connectivity index (χ2n) is 5.81. The van der Waals surface area contributed by atoms with Crippen LogP contribution in [-0.2, 0) is 9.53 Å². The maximum atomic E-state index is 12.2. The maximum absolute atomic E-state index is 12.2. The van der Waals surface area contributed by atoms with Crippen molar-refractivity contribution in [3.63, 3.8) is 0 Å². The first-order valence-electron chi connectivity index (χ1n) is 7.22. The number of hydrogen-bond acceptors (Lipinski definition) is 6. The van der Waals surface area contributed by atoms with Crippen molar-refractivity contribution in [2.24, 2.45) is 0 Å². The minimum absolute atomic E-state index is 0.143. The first-order valence-corrected chi connectivity index (χ1v) is 8.10. The molecule has 1 aromatic heterocycles. The van der Waals surface area contributed by atoms with Crippen LogP contribution in [0.25, 0.3) is 0 Å². The van der Waals surface area contributed by atoms with E-state index in [1.807, 2.05) is 0 Å². The summed E-state index contributed by atoms with van der Waals surface area (Å²) in [6, 6.07) is 0. The molecule has 122 valence electrons. The van der Waals surface area contributed by atoms with Crippen LogP contribution < -0.4 is 10.6 Å². The van der Waals surface area contributed by atoms with Crippen molar-refractivity contribution in [3.8, 4) is 0 Å². The van der Waals surface area contributed by atoms with E-state index in [0.717, 1.165) is 26.3 Å². The Morgan fingerprint density at radius 1 is 1.41 bits per heavy atom.